The molecule has 0 aliphatic carbocycles. The third-order valence-corrected chi connectivity index (χ3v) is 3.53. The highest BCUT2D eigenvalue weighted by Gasteiger charge is 2.18. The Kier molecular flexibility index (Phi) is 4.75. The summed E-state index contributed by atoms with van der Waals surface area (Å²) in [4.78, 5) is 6.76. The van der Waals surface area contributed by atoms with E-state index in [0.29, 0.717) is 11.7 Å². The molecule has 0 saturated carbocycles. The molecule has 1 saturated heterocycles. The second-order valence-corrected chi connectivity index (χ2v) is 5.57. The largest absolute Gasteiger partial charge is 0.366 e. The van der Waals surface area contributed by atoms with E-state index < -0.39 is 0 Å². The summed E-state index contributed by atoms with van der Waals surface area (Å²) in [5, 5.41) is 12.2. The van der Waals surface area contributed by atoms with Crippen LogP contribution in [0.25, 0.3) is 0 Å². The predicted octanol–water partition coefficient (Wildman–Crippen LogP) is 2.49. The molecule has 2 unspecified atom stereocenters. The van der Waals surface area contributed by atoms with Crippen LogP contribution in [0.4, 0.5) is 5.82 Å². The van der Waals surface area contributed by atoms with E-state index in [0.717, 1.165) is 18.3 Å². The van der Waals surface area contributed by atoms with Crippen LogP contribution in [-0.2, 0) is 0 Å². The Morgan fingerprint density at radius 2 is 2.42 bits per heavy atom. The molecule has 4 nitrogen and oxygen atoms in total. The zero-order valence-electron chi connectivity index (χ0n) is 11.8. The highest BCUT2D eigenvalue weighted by atomic mass is 15.2. The van der Waals surface area contributed by atoms with Crippen molar-refractivity contribution in [1.29, 1.82) is 5.26 Å². The maximum absolute atomic E-state index is 8.84. The van der Waals surface area contributed by atoms with Crippen molar-refractivity contribution in [3.8, 4) is 6.07 Å². The van der Waals surface area contributed by atoms with Crippen LogP contribution < -0.4 is 5.32 Å². The van der Waals surface area contributed by atoms with E-state index >= 15 is 0 Å². The van der Waals surface area contributed by atoms with E-state index in [1.165, 1.54) is 25.9 Å². The monoisotopic (exact) mass is 258 g/mol. The van der Waals surface area contributed by atoms with Gasteiger partial charge in [-0.3, -0.25) is 0 Å². The van der Waals surface area contributed by atoms with Gasteiger partial charge in [0, 0.05) is 19.1 Å². The van der Waals surface area contributed by atoms with Crippen molar-refractivity contribution in [2.75, 3.05) is 25.0 Å². The number of hydrogen-bond acceptors (Lipinski definition) is 4. The van der Waals surface area contributed by atoms with Gasteiger partial charge in [0.15, 0.2) is 0 Å². The number of aromatic nitrogens is 1. The van der Waals surface area contributed by atoms with Gasteiger partial charge < -0.3 is 10.2 Å². The minimum Gasteiger partial charge on any atom is -0.366 e. The Hall–Kier alpha value is -1.60. The average Bonchev–Trinajstić information content (AvgIpc) is 2.38. The zero-order chi connectivity index (χ0) is 13.7. The van der Waals surface area contributed by atoms with E-state index in [-0.39, 0.29) is 0 Å². The lowest BCUT2D eigenvalue weighted by Crippen LogP contribution is -2.40. The molecule has 1 N–H and O–H groups in total. The van der Waals surface area contributed by atoms with Gasteiger partial charge in [-0.1, -0.05) is 13.0 Å². The molecule has 0 spiro atoms. The molecule has 1 aromatic heterocycles. The quantitative estimate of drug-likeness (QED) is 0.901. The minimum atomic E-state index is 0.340. The number of nitrogens with one attached hydrogen (secondary N) is 1. The molecular weight excluding hydrogens is 236 g/mol. The fourth-order valence-electron chi connectivity index (χ4n) is 2.72. The fraction of sp³-hybridized carbons (Fsp3) is 0.600. The van der Waals surface area contributed by atoms with Crippen LogP contribution in [0.5, 0.6) is 0 Å². The zero-order valence-corrected chi connectivity index (χ0v) is 11.8. The molecule has 2 atom stereocenters. The lowest BCUT2D eigenvalue weighted by Gasteiger charge is -2.33. The summed E-state index contributed by atoms with van der Waals surface area (Å²) in [6.07, 6.45) is 2.65. The number of anilines is 1. The summed E-state index contributed by atoms with van der Waals surface area (Å²) in [6, 6.07) is 7.91. The topological polar surface area (TPSA) is 52.0 Å². The Morgan fingerprint density at radius 3 is 3.16 bits per heavy atom. The molecule has 2 heterocycles. The Balaban J connectivity index is 1.86. The van der Waals surface area contributed by atoms with Gasteiger partial charge in [0.1, 0.15) is 17.6 Å². The molecule has 1 aromatic rings. The number of pyridine rings is 1. The van der Waals surface area contributed by atoms with Crippen LogP contribution in [0.1, 0.15) is 32.4 Å². The average molecular weight is 258 g/mol. The number of likely N-dealkylation sites (tertiary alicyclic amines) is 1. The third-order valence-electron chi connectivity index (χ3n) is 3.53. The summed E-state index contributed by atoms with van der Waals surface area (Å²) < 4.78 is 0. The van der Waals surface area contributed by atoms with Crippen molar-refractivity contribution in [2.45, 2.75) is 32.7 Å². The molecule has 1 fully saturated rings. The summed E-state index contributed by atoms with van der Waals surface area (Å²) in [5.41, 5.74) is 0.462. The molecule has 0 aromatic carbocycles. The van der Waals surface area contributed by atoms with E-state index in [1.807, 2.05) is 12.1 Å². The van der Waals surface area contributed by atoms with Crippen molar-refractivity contribution in [3.63, 3.8) is 0 Å². The minimum absolute atomic E-state index is 0.340. The first kappa shape index (κ1) is 13.8. The number of hydrogen-bond donors (Lipinski definition) is 1. The number of piperidine rings is 1. The summed E-state index contributed by atoms with van der Waals surface area (Å²) in [6.45, 7) is 7.91. The Bertz CT molecular complexity index is 452. The first-order valence-electron chi connectivity index (χ1n) is 7.03. The van der Waals surface area contributed by atoms with Crippen molar-refractivity contribution in [1.82, 2.24) is 9.88 Å². The lowest BCUT2D eigenvalue weighted by atomic mass is 10.00. The van der Waals surface area contributed by atoms with Crippen LogP contribution >= 0.6 is 0 Å². The maximum atomic E-state index is 8.84. The van der Waals surface area contributed by atoms with E-state index in [9.17, 15) is 0 Å². The van der Waals surface area contributed by atoms with E-state index in [1.54, 1.807) is 6.07 Å². The highest BCUT2D eigenvalue weighted by Crippen LogP contribution is 2.16. The highest BCUT2D eigenvalue weighted by molar-refractivity contribution is 5.39. The van der Waals surface area contributed by atoms with Gasteiger partial charge in [0.25, 0.3) is 0 Å². The van der Waals surface area contributed by atoms with Crippen LogP contribution in [-0.4, -0.2) is 35.6 Å². The van der Waals surface area contributed by atoms with Gasteiger partial charge >= 0.3 is 0 Å². The van der Waals surface area contributed by atoms with Crippen molar-refractivity contribution < 1.29 is 0 Å². The summed E-state index contributed by atoms with van der Waals surface area (Å²) >= 11 is 0. The molecule has 2 rings (SSSR count). The van der Waals surface area contributed by atoms with Crippen LogP contribution in [0, 0.1) is 17.2 Å². The number of rotatable bonds is 4. The fourth-order valence-corrected chi connectivity index (χ4v) is 2.72. The van der Waals surface area contributed by atoms with Crippen LogP contribution in [0.2, 0.25) is 0 Å². The second-order valence-electron chi connectivity index (χ2n) is 5.57. The molecule has 0 amide bonds. The van der Waals surface area contributed by atoms with Crippen molar-refractivity contribution >= 4 is 5.82 Å². The smallest absolute Gasteiger partial charge is 0.142 e. The molecule has 1 aliphatic heterocycles. The Morgan fingerprint density at radius 1 is 1.58 bits per heavy atom. The molecule has 19 heavy (non-hydrogen) atoms. The maximum Gasteiger partial charge on any atom is 0.142 e. The standard InChI is InChI=1S/C15H22N4/c1-12-5-4-8-19(10-12)11-13(2)17-15-7-3-6-14(9-16)18-15/h3,6-7,12-13H,4-5,8,10-11H2,1-2H3,(H,17,18). The van der Waals surface area contributed by atoms with Gasteiger partial charge in [0.2, 0.25) is 0 Å². The third kappa shape index (κ3) is 4.22. The van der Waals surface area contributed by atoms with Crippen LogP contribution in [0.3, 0.4) is 0 Å². The SMILES string of the molecule is CC1CCCN(CC(C)Nc2cccc(C#N)n2)C1. The van der Waals surface area contributed by atoms with Gasteiger partial charge in [-0.2, -0.15) is 5.26 Å². The number of nitrogens with zero attached hydrogens (tertiary/aromatic N) is 3. The van der Waals surface area contributed by atoms with Gasteiger partial charge in [0.05, 0.1) is 0 Å². The normalized spacial score (nSPS) is 21.6. The van der Waals surface area contributed by atoms with E-state index in [4.69, 9.17) is 5.26 Å². The molecule has 0 radical (unpaired) electrons. The molecular formula is C15H22N4. The van der Waals surface area contributed by atoms with Crippen LogP contribution in [0.15, 0.2) is 18.2 Å². The van der Waals surface area contributed by atoms with Gasteiger partial charge in [-0.05, 0) is 44.4 Å². The second kappa shape index (κ2) is 6.53. The summed E-state index contributed by atoms with van der Waals surface area (Å²) in [5.74, 6) is 1.59. The van der Waals surface area contributed by atoms with E-state index in [2.05, 4.69) is 35.1 Å². The summed E-state index contributed by atoms with van der Waals surface area (Å²) in [7, 11) is 0. The predicted molar refractivity (Wildman–Crippen MR) is 76.9 cm³/mol. The molecule has 1 aliphatic rings. The lowest BCUT2D eigenvalue weighted by molar-refractivity contribution is 0.180. The first-order chi connectivity index (χ1) is 9.17. The molecule has 4 heteroatoms. The first-order valence-corrected chi connectivity index (χ1v) is 7.03. The van der Waals surface area contributed by atoms with Gasteiger partial charge in [-0.25, -0.2) is 4.98 Å². The van der Waals surface area contributed by atoms with Crippen molar-refractivity contribution in [3.05, 3.63) is 23.9 Å². The molecule has 102 valence electrons. The Labute approximate surface area is 115 Å². The van der Waals surface area contributed by atoms with Crippen molar-refractivity contribution in [2.24, 2.45) is 5.92 Å². The molecule has 0 bridgehead atoms. The van der Waals surface area contributed by atoms with Gasteiger partial charge in [-0.15, -0.1) is 0 Å². The number of nitriles is 1.